The summed E-state index contributed by atoms with van der Waals surface area (Å²) in [4.78, 5) is 29.2. The fourth-order valence-corrected chi connectivity index (χ4v) is 3.15. The van der Waals surface area contributed by atoms with E-state index in [-0.39, 0.29) is 34.8 Å². The van der Waals surface area contributed by atoms with Crippen molar-refractivity contribution in [2.45, 2.75) is 25.3 Å². The Kier molecular flexibility index (Phi) is 4.48. The van der Waals surface area contributed by atoms with Crippen LogP contribution in [0.15, 0.2) is 24.7 Å². The van der Waals surface area contributed by atoms with Crippen LogP contribution in [0.4, 0.5) is 11.5 Å². The third-order valence-corrected chi connectivity index (χ3v) is 4.31. The Morgan fingerprint density at radius 2 is 2.29 bits per heavy atom. The van der Waals surface area contributed by atoms with E-state index in [1.807, 2.05) is 4.90 Å². The molecule has 2 aromatic rings. The topological polar surface area (TPSA) is 94.2 Å². The average Bonchev–Trinajstić information content (AvgIpc) is 3.16. The first-order valence-corrected chi connectivity index (χ1v) is 7.92. The fourth-order valence-electron chi connectivity index (χ4n) is 3.00. The molecule has 3 rings (SSSR count). The summed E-state index contributed by atoms with van der Waals surface area (Å²) in [5.74, 6) is 0.238. The molecule has 2 aromatic heterocycles. The second-order valence-corrected chi connectivity index (χ2v) is 6.21. The molecule has 3 heterocycles. The molecule has 1 aliphatic heterocycles. The maximum absolute atomic E-state index is 12.4. The molecule has 0 aliphatic carbocycles. The van der Waals surface area contributed by atoms with Crippen molar-refractivity contribution in [3.8, 4) is 0 Å². The van der Waals surface area contributed by atoms with Crippen molar-refractivity contribution in [1.29, 1.82) is 0 Å². The van der Waals surface area contributed by atoms with Gasteiger partial charge < -0.3 is 4.90 Å². The summed E-state index contributed by atoms with van der Waals surface area (Å²) in [5, 5.41) is 15.5. The van der Waals surface area contributed by atoms with Crippen LogP contribution in [0, 0.1) is 10.1 Å². The van der Waals surface area contributed by atoms with E-state index >= 15 is 0 Å². The van der Waals surface area contributed by atoms with Crippen LogP contribution in [0.2, 0.25) is 5.02 Å². The Balaban J connectivity index is 1.83. The van der Waals surface area contributed by atoms with Crippen molar-refractivity contribution in [3.05, 3.63) is 45.4 Å². The number of carbonyl (C=O) groups is 1. The average molecular weight is 350 g/mol. The highest BCUT2D eigenvalue weighted by molar-refractivity contribution is 6.30. The highest BCUT2D eigenvalue weighted by Crippen LogP contribution is 2.34. The number of nitrogens with zero attached hydrogens (tertiary/aromatic N) is 5. The van der Waals surface area contributed by atoms with E-state index in [1.54, 1.807) is 17.9 Å². The summed E-state index contributed by atoms with van der Waals surface area (Å²) in [6, 6.07) is 1.17. The van der Waals surface area contributed by atoms with Crippen molar-refractivity contribution in [3.63, 3.8) is 0 Å². The van der Waals surface area contributed by atoms with Crippen LogP contribution in [0.1, 0.15) is 29.6 Å². The summed E-state index contributed by atoms with van der Waals surface area (Å²) in [6.45, 7) is 0.625. The number of hydrogen-bond donors (Lipinski definition) is 0. The molecule has 0 N–H and O–H groups in total. The summed E-state index contributed by atoms with van der Waals surface area (Å²) >= 11 is 5.82. The van der Waals surface area contributed by atoms with Gasteiger partial charge in [-0.3, -0.25) is 19.6 Å². The number of nitro groups is 1. The Morgan fingerprint density at radius 1 is 1.50 bits per heavy atom. The van der Waals surface area contributed by atoms with Crippen LogP contribution in [0.5, 0.6) is 0 Å². The van der Waals surface area contributed by atoms with Gasteiger partial charge in [-0.15, -0.1) is 0 Å². The van der Waals surface area contributed by atoms with Gasteiger partial charge in [-0.25, -0.2) is 4.98 Å². The van der Waals surface area contributed by atoms with E-state index in [9.17, 15) is 14.9 Å². The van der Waals surface area contributed by atoms with Crippen LogP contribution < -0.4 is 4.90 Å². The van der Waals surface area contributed by atoms with Crippen molar-refractivity contribution in [1.82, 2.24) is 14.8 Å². The van der Waals surface area contributed by atoms with Gasteiger partial charge in [-0.1, -0.05) is 11.6 Å². The maximum atomic E-state index is 12.4. The lowest BCUT2D eigenvalue weighted by atomic mass is 10.0. The number of aromatic nitrogens is 3. The van der Waals surface area contributed by atoms with Crippen molar-refractivity contribution in [2.24, 2.45) is 7.05 Å². The van der Waals surface area contributed by atoms with Gasteiger partial charge in [0.05, 0.1) is 21.7 Å². The van der Waals surface area contributed by atoms with Crippen molar-refractivity contribution in [2.75, 3.05) is 11.4 Å². The molecule has 126 valence electrons. The third-order valence-electron chi connectivity index (χ3n) is 4.11. The molecule has 0 aromatic carbocycles. The van der Waals surface area contributed by atoms with E-state index < -0.39 is 4.92 Å². The van der Waals surface area contributed by atoms with Gasteiger partial charge in [0.25, 0.3) is 0 Å². The second-order valence-electron chi connectivity index (χ2n) is 5.77. The maximum Gasteiger partial charge on any atom is 0.313 e. The van der Waals surface area contributed by atoms with Gasteiger partial charge in [0.1, 0.15) is 0 Å². The van der Waals surface area contributed by atoms with Gasteiger partial charge in [-0.05, 0) is 12.8 Å². The van der Waals surface area contributed by atoms with Crippen LogP contribution in [0.25, 0.3) is 0 Å². The lowest BCUT2D eigenvalue weighted by molar-refractivity contribution is -0.384. The number of ketones is 1. The van der Waals surface area contributed by atoms with Crippen LogP contribution in [0.3, 0.4) is 0 Å². The number of carbonyl (C=O) groups excluding carboxylic acids is 1. The first-order valence-electron chi connectivity index (χ1n) is 7.54. The Labute approximate surface area is 143 Å². The van der Waals surface area contributed by atoms with E-state index in [2.05, 4.69) is 10.1 Å². The minimum Gasteiger partial charge on any atom is -0.347 e. The molecule has 8 nitrogen and oxygen atoms in total. The lowest BCUT2D eigenvalue weighted by Crippen LogP contribution is -2.32. The standard InChI is InChI=1S/C15H16ClN5O3/c1-19-9-10(7-18-19)14(22)6-12-3-2-4-20(12)15-13(21(23)24)5-11(16)8-17-15/h5,7-9,12H,2-4,6H2,1H3. The molecule has 1 aliphatic rings. The zero-order valence-corrected chi connectivity index (χ0v) is 13.8. The molecule has 0 radical (unpaired) electrons. The van der Waals surface area contributed by atoms with Crippen molar-refractivity contribution < 1.29 is 9.72 Å². The van der Waals surface area contributed by atoms with Gasteiger partial charge in [0, 0.05) is 44.5 Å². The number of pyridine rings is 1. The second kappa shape index (κ2) is 6.56. The molecule has 1 saturated heterocycles. The van der Waals surface area contributed by atoms with Gasteiger partial charge in [-0.2, -0.15) is 5.10 Å². The molecule has 0 spiro atoms. The zero-order valence-electron chi connectivity index (χ0n) is 13.1. The number of halogens is 1. The summed E-state index contributed by atoms with van der Waals surface area (Å²) < 4.78 is 1.57. The Bertz CT molecular complexity index is 791. The fraction of sp³-hybridized carbons (Fsp3) is 0.400. The largest absolute Gasteiger partial charge is 0.347 e. The van der Waals surface area contributed by atoms with E-state index in [4.69, 9.17) is 11.6 Å². The molecular formula is C15H16ClN5O3. The number of anilines is 1. The predicted octanol–water partition coefficient (Wildman–Crippen LogP) is 2.62. The van der Waals surface area contributed by atoms with E-state index in [0.717, 1.165) is 12.8 Å². The summed E-state index contributed by atoms with van der Waals surface area (Å²) in [5.41, 5.74) is 0.408. The smallest absolute Gasteiger partial charge is 0.313 e. The predicted molar refractivity (Wildman–Crippen MR) is 88.4 cm³/mol. The Hall–Kier alpha value is -2.48. The molecule has 9 heteroatoms. The Morgan fingerprint density at radius 3 is 2.96 bits per heavy atom. The molecular weight excluding hydrogens is 334 g/mol. The number of rotatable bonds is 5. The minimum atomic E-state index is -0.494. The molecule has 24 heavy (non-hydrogen) atoms. The number of aryl methyl sites for hydroxylation is 1. The van der Waals surface area contributed by atoms with Gasteiger partial charge >= 0.3 is 5.69 Å². The monoisotopic (exact) mass is 349 g/mol. The summed E-state index contributed by atoms with van der Waals surface area (Å²) in [6.07, 6.45) is 6.50. The van der Waals surface area contributed by atoms with Crippen LogP contribution in [-0.4, -0.2) is 38.1 Å². The van der Waals surface area contributed by atoms with E-state index in [1.165, 1.54) is 18.5 Å². The summed E-state index contributed by atoms with van der Waals surface area (Å²) in [7, 11) is 1.75. The zero-order chi connectivity index (χ0) is 17.3. The molecule has 1 fully saturated rings. The van der Waals surface area contributed by atoms with Gasteiger partial charge in [0.15, 0.2) is 5.78 Å². The minimum absolute atomic E-state index is 0.0309. The highest BCUT2D eigenvalue weighted by Gasteiger charge is 2.32. The molecule has 0 amide bonds. The van der Waals surface area contributed by atoms with E-state index in [0.29, 0.717) is 12.1 Å². The van der Waals surface area contributed by atoms with Gasteiger partial charge in [0.2, 0.25) is 5.82 Å². The molecule has 1 atom stereocenters. The molecule has 0 bridgehead atoms. The first-order chi connectivity index (χ1) is 11.5. The SMILES string of the molecule is Cn1cc(C(=O)CC2CCCN2c2ncc(Cl)cc2[N+](=O)[O-])cn1. The number of hydrogen-bond acceptors (Lipinski definition) is 6. The molecule has 1 unspecified atom stereocenters. The normalized spacial score (nSPS) is 17.2. The quantitative estimate of drug-likeness (QED) is 0.468. The van der Waals surface area contributed by atoms with Crippen molar-refractivity contribution >= 4 is 28.9 Å². The number of Topliss-reactive ketones (excluding diaryl/α,β-unsaturated/α-hetero) is 1. The highest BCUT2D eigenvalue weighted by atomic mass is 35.5. The van der Waals surface area contributed by atoms with Crippen LogP contribution in [-0.2, 0) is 7.05 Å². The molecule has 0 saturated carbocycles. The third kappa shape index (κ3) is 3.23. The lowest BCUT2D eigenvalue weighted by Gasteiger charge is -2.24. The first kappa shape index (κ1) is 16.4. The van der Waals surface area contributed by atoms with Crippen LogP contribution >= 0.6 is 11.6 Å².